The first kappa shape index (κ1) is 14.0. The van der Waals surface area contributed by atoms with E-state index in [0.717, 1.165) is 13.1 Å². The van der Waals surface area contributed by atoms with E-state index < -0.39 is 0 Å². The molecule has 1 fully saturated rings. The van der Waals surface area contributed by atoms with Gasteiger partial charge in [0.05, 0.1) is 11.6 Å². The van der Waals surface area contributed by atoms with Gasteiger partial charge in [0.1, 0.15) is 5.82 Å². The van der Waals surface area contributed by atoms with Gasteiger partial charge in [0.25, 0.3) is 0 Å². The summed E-state index contributed by atoms with van der Waals surface area (Å²) in [7, 11) is 0. The minimum Gasteiger partial charge on any atom is -0.299 e. The molecule has 2 rings (SSSR count). The summed E-state index contributed by atoms with van der Waals surface area (Å²) in [5.74, 6) is -0.206. The third kappa shape index (κ3) is 3.33. The Morgan fingerprint density at radius 1 is 1.37 bits per heavy atom. The van der Waals surface area contributed by atoms with E-state index in [4.69, 9.17) is 5.26 Å². The van der Waals surface area contributed by atoms with Crippen molar-refractivity contribution in [2.24, 2.45) is 5.41 Å². The summed E-state index contributed by atoms with van der Waals surface area (Å²) in [5.41, 5.74) is 1.62. The monoisotopic (exact) mass is 260 g/mol. The van der Waals surface area contributed by atoms with Gasteiger partial charge < -0.3 is 0 Å². The summed E-state index contributed by atoms with van der Waals surface area (Å²) in [5, 5.41) is 8.87. The Morgan fingerprint density at radius 2 is 2.05 bits per heavy atom. The van der Waals surface area contributed by atoms with Crippen molar-refractivity contribution in [2.75, 3.05) is 13.1 Å². The lowest BCUT2D eigenvalue weighted by molar-refractivity contribution is 0.109. The summed E-state index contributed by atoms with van der Waals surface area (Å²) in [4.78, 5) is 2.29. The highest BCUT2D eigenvalue weighted by atomic mass is 19.1. The second kappa shape index (κ2) is 5.71. The molecule has 1 aliphatic rings. The van der Waals surface area contributed by atoms with Crippen molar-refractivity contribution in [1.82, 2.24) is 4.90 Å². The standard InChI is InChI=1S/C16H21FN2/c1-3-16(2)6-8-19(9-7-16)12-14-10-13(11-18)4-5-15(14)17/h4-5,10H,3,6-9,12H2,1-2H3. The van der Waals surface area contributed by atoms with Gasteiger partial charge in [-0.15, -0.1) is 0 Å². The number of piperidine rings is 1. The molecule has 102 valence electrons. The van der Waals surface area contributed by atoms with Crippen molar-refractivity contribution in [2.45, 2.75) is 39.7 Å². The Balaban J connectivity index is 2.02. The first-order valence-corrected chi connectivity index (χ1v) is 6.97. The Kier molecular flexibility index (Phi) is 4.21. The van der Waals surface area contributed by atoms with Gasteiger partial charge in [-0.3, -0.25) is 4.90 Å². The van der Waals surface area contributed by atoms with E-state index in [1.54, 1.807) is 6.07 Å². The zero-order chi connectivity index (χ0) is 13.9. The summed E-state index contributed by atoms with van der Waals surface area (Å²) in [6.45, 7) is 7.22. The van der Waals surface area contributed by atoms with Crippen LogP contribution < -0.4 is 0 Å². The second-order valence-corrected chi connectivity index (χ2v) is 5.86. The van der Waals surface area contributed by atoms with Crippen molar-refractivity contribution in [3.63, 3.8) is 0 Å². The van der Waals surface area contributed by atoms with E-state index in [0.29, 0.717) is 23.1 Å². The first-order valence-electron chi connectivity index (χ1n) is 6.97. The highest BCUT2D eigenvalue weighted by molar-refractivity contribution is 5.33. The van der Waals surface area contributed by atoms with Crippen molar-refractivity contribution in [3.05, 3.63) is 35.1 Å². The largest absolute Gasteiger partial charge is 0.299 e. The Bertz CT molecular complexity index is 482. The zero-order valence-electron chi connectivity index (χ0n) is 11.7. The molecular formula is C16H21FN2. The molecule has 1 aromatic carbocycles. The molecule has 0 radical (unpaired) electrons. The average molecular weight is 260 g/mol. The molecule has 0 aliphatic carbocycles. The fraction of sp³-hybridized carbons (Fsp3) is 0.562. The molecule has 0 bridgehead atoms. The molecule has 19 heavy (non-hydrogen) atoms. The average Bonchev–Trinajstić information content (AvgIpc) is 2.44. The van der Waals surface area contributed by atoms with Crippen LogP contribution in [0.2, 0.25) is 0 Å². The molecule has 0 saturated carbocycles. The molecule has 1 saturated heterocycles. The Morgan fingerprint density at radius 3 is 2.63 bits per heavy atom. The fourth-order valence-electron chi connectivity index (χ4n) is 2.61. The number of hydrogen-bond acceptors (Lipinski definition) is 2. The summed E-state index contributed by atoms with van der Waals surface area (Å²) in [6.07, 6.45) is 3.55. The number of rotatable bonds is 3. The number of nitriles is 1. The van der Waals surface area contributed by atoms with Crippen LogP contribution in [0.3, 0.4) is 0 Å². The number of benzene rings is 1. The van der Waals surface area contributed by atoms with Gasteiger partial charge in [0.2, 0.25) is 0 Å². The predicted octanol–water partition coefficient (Wildman–Crippen LogP) is 3.71. The normalized spacial score (nSPS) is 19.1. The van der Waals surface area contributed by atoms with Crippen LogP contribution in [-0.4, -0.2) is 18.0 Å². The maximum Gasteiger partial charge on any atom is 0.127 e. The smallest absolute Gasteiger partial charge is 0.127 e. The van der Waals surface area contributed by atoms with Crippen molar-refractivity contribution in [1.29, 1.82) is 5.26 Å². The number of likely N-dealkylation sites (tertiary alicyclic amines) is 1. The SMILES string of the molecule is CCC1(C)CCN(Cc2cc(C#N)ccc2F)CC1. The highest BCUT2D eigenvalue weighted by Gasteiger charge is 2.28. The number of nitrogens with zero attached hydrogens (tertiary/aromatic N) is 2. The molecule has 3 heteroatoms. The van der Waals surface area contributed by atoms with Gasteiger partial charge in [-0.2, -0.15) is 5.26 Å². The summed E-state index contributed by atoms with van der Waals surface area (Å²) < 4.78 is 13.7. The van der Waals surface area contributed by atoms with Crippen LogP contribution in [0.4, 0.5) is 4.39 Å². The molecule has 0 N–H and O–H groups in total. The van der Waals surface area contributed by atoms with Gasteiger partial charge in [0.15, 0.2) is 0 Å². The van der Waals surface area contributed by atoms with Gasteiger partial charge in [-0.25, -0.2) is 4.39 Å². The third-order valence-electron chi connectivity index (χ3n) is 4.49. The molecule has 0 aromatic heterocycles. The van der Waals surface area contributed by atoms with Gasteiger partial charge >= 0.3 is 0 Å². The molecule has 0 unspecified atom stereocenters. The fourth-order valence-corrected chi connectivity index (χ4v) is 2.61. The van der Waals surface area contributed by atoms with Crippen molar-refractivity contribution < 1.29 is 4.39 Å². The van der Waals surface area contributed by atoms with Gasteiger partial charge in [-0.1, -0.05) is 20.3 Å². The van der Waals surface area contributed by atoms with Crippen molar-refractivity contribution in [3.8, 4) is 6.07 Å². The quantitative estimate of drug-likeness (QED) is 0.828. The Hall–Kier alpha value is -1.40. The number of halogens is 1. The minimum absolute atomic E-state index is 0.206. The van der Waals surface area contributed by atoms with E-state index in [1.807, 2.05) is 0 Å². The molecule has 0 amide bonds. The molecule has 1 aromatic rings. The van der Waals surface area contributed by atoms with Crippen LogP contribution >= 0.6 is 0 Å². The minimum atomic E-state index is -0.206. The van der Waals surface area contributed by atoms with Crippen LogP contribution in [0.25, 0.3) is 0 Å². The van der Waals surface area contributed by atoms with E-state index in [1.165, 1.54) is 31.4 Å². The predicted molar refractivity (Wildman–Crippen MR) is 74.0 cm³/mol. The highest BCUT2D eigenvalue weighted by Crippen LogP contribution is 2.34. The lowest BCUT2D eigenvalue weighted by Gasteiger charge is -2.39. The molecule has 0 spiro atoms. The molecule has 2 nitrogen and oxygen atoms in total. The third-order valence-corrected chi connectivity index (χ3v) is 4.49. The second-order valence-electron chi connectivity index (χ2n) is 5.86. The van der Waals surface area contributed by atoms with Crippen LogP contribution in [-0.2, 0) is 6.54 Å². The van der Waals surface area contributed by atoms with E-state index in [2.05, 4.69) is 24.8 Å². The van der Waals surface area contributed by atoms with Gasteiger partial charge in [-0.05, 0) is 49.5 Å². The van der Waals surface area contributed by atoms with E-state index in [-0.39, 0.29) is 5.82 Å². The topological polar surface area (TPSA) is 27.0 Å². The molecule has 1 heterocycles. The summed E-state index contributed by atoms with van der Waals surface area (Å²) >= 11 is 0. The van der Waals surface area contributed by atoms with Crippen LogP contribution in [0.1, 0.15) is 44.2 Å². The van der Waals surface area contributed by atoms with E-state index in [9.17, 15) is 4.39 Å². The van der Waals surface area contributed by atoms with Crippen LogP contribution in [0.15, 0.2) is 18.2 Å². The maximum atomic E-state index is 13.7. The molecular weight excluding hydrogens is 239 g/mol. The number of hydrogen-bond donors (Lipinski definition) is 0. The maximum absolute atomic E-state index is 13.7. The van der Waals surface area contributed by atoms with E-state index >= 15 is 0 Å². The van der Waals surface area contributed by atoms with Crippen LogP contribution in [0.5, 0.6) is 0 Å². The van der Waals surface area contributed by atoms with Crippen LogP contribution in [0, 0.1) is 22.6 Å². The molecule has 1 aliphatic heterocycles. The van der Waals surface area contributed by atoms with Gasteiger partial charge in [0, 0.05) is 12.1 Å². The summed E-state index contributed by atoms with van der Waals surface area (Å²) in [6, 6.07) is 6.67. The molecule has 0 atom stereocenters. The lowest BCUT2D eigenvalue weighted by Crippen LogP contribution is -2.38. The first-order chi connectivity index (χ1) is 9.06. The Labute approximate surface area is 114 Å². The van der Waals surface area contributed by atoms with Crippen molar-refractivity contribution >= 4 is 0 Å². The zero-order valence-corrected chi connectivity index (χ0v) is 11.7. The lowest BCUT2D eigenvalue weighted by atomic mass is 9.78.